The highest BCUT2D eigenvalue weighted by molar-refractivity contribution is 7.92. The lowest BCUT2D eigenvalue weighted by Crippen LogP contribution is -2.47. The van der Waals surface area contributed by atoms with Gasteiger partial charge in [0, 0.05) is 42.3 Å². The predicted octanol–water partition coefficient (Wildman–Crippen LogP) is 6.13. The highest BCUT2D eigenvalue weighted by Gasteiger charge is 2.28. The Labute approximate surface area is 255 Å². The summed E-state index contributed by atoms with van der Waals surface area (Å²) < 4.78 is 49.2. The molecule has 2 aromatic heterocycles. The summed E-state index contributed by atoms with van der Waals surface area (Å²) in [7, 11) is -3.79. The summed E-state index contributed by atoms with van der Waals surface area (Å²) in [5.74, 6) is 0.170. The van der Waals surface area contributed by atoms with Crippen LogP contribution in [-0.2, 0) is 10.0 Å². The standard InChI is InChI=1S/C31H35FN6O5S/c1-18(2)17-44(41,42)37-27-22-8-7-20(4)28(23(22)9-10-25(27)32)43-29-24(6-5-12-33-29)26-11-13-34-30(36-26)35-21-14-19(3)15-38(16-21)31(39)40/h5-13,18-19,21,37H,14-17H2,1-4H3,(H,39,40)(H,34,35,36)/t19-,21-/m0/s1. The number of hydrogen-bond donors (Lipinski definition) is 3. The average Bonchev–Trinajstić information content (AvgIpc) is 2.95. The number of rotatable bonds is 9. The summed E-state index contributed by atoms with van der Waals surface area (Å²) in [5, 5.41) is 13.6. The maximum absolute atomic E-state index is 15.0. The first-order chi connectivity index (χ1) is 20.9. The van der Waals surface area contributed by atoms with E-state index >= 15 is 0 Å². The number of hydrogen-bond acceptors (Lipinski definition) is 8. The van der Waals surface area contributed by atoms with Gasteiger partial charge in [0.15, 0.2) is 0 Å². The van der Waals surface area contributed by atoms with E-state index in [9.17, 15) is 22.7 Å². The molecule has 1 aliphatic rings. The highest BCUT2D eigenvalue weighted by atomic mass is 32.2. The molecule has 232 valence electrons. The number of halogens is 1. The Balaban J connectivity index is 1.47. The van der Waals surface area contributed by atoms with Gasteiger partial charge >= 0.3 is 6.09 Å². The molecule has 1 fully saturated rings. The van der Waals surface area contributed by atoms with Crippen molar-refractivity contribution in [3.8, 4) is 22.9 Å². The highest BCUT2D eigenvalue weighted by Crippen LogP contribution is 2.39. The number of aryl methyl sites for hydroxylation is 1. The lowest BCUT2D eigenvalue weighted by Gasteiger charge is -2.35. The largest absolute Gasteiger partial charge is 0.465 e. The lowest BCUT2D eigenvalue weighted by atomic mass is 9.96. The Morgan fingerprint density at radius 1 is 1.11 bits per heavy atom. The fraction of sp³-hybridized carbons (Fsp3) is 0.355. The third-order valence-electron chi connectivity index (χ3n) is 7.27. The first kappa shape index (κ1) is 30.9. The molecule has 44 heavy (non-hydrogen) atoms. The molecule has 4 aromatic rings. The van der Waals surface area contributed by atoms with Gasteiger partial charge in [-0.05, 0) is 61.1 Å². The van der Waals surface area contributed by atoms with Crippen LogP contribution in [0.15, 0.2) is 54.9 Å². The Hall–Kier alpha value is -4.52. The van der Waals surface area contributed by atoms with Crippen LogP contribution in [0.4, 0.5) is 20.8 Å². The Morgan fingerprint density at radius 2 is 1.89 bits per heavy atom. The zero-order valence-electron chi connectivity index (χ0n) is 24.9. The van der Waals surface area contributed by atoms with Gasteiger partial charge in [0.25, 0.3) is 0 Å². The second kappa shape index (κ2) is 12.6. The molecule has 5 rings (SSSR count). The summed E-state index contributed by atoms with van der Waals surface area (Å²) in [6.07, 6.45) is 3.00. The molecular formula is C31H35FN6O5S. The van der Waals surface area contributed by atoms with E-state index in [1.54, 1.807) is 62.6 Å². The fourth-order valence-electron chi connectivity index (χ4n) is 5.47. The van der Waals surface area contributed by atoms with Crippen LogP contribution in [0.25, 0.3) is 22.0 Å². The lowest BCUT2D eigenvalue weighted by molar-refractivity contribution is 0.119. The quantitative estimate of drug-likeness (QED) is 0.201. The number of nitrogens with one attached hydrogen (secondary N) is 2. The molecule has 3 N–H and O–H groups in total. The molecule has 1 amide bonds. The minimum Gasteiger partial charge on any atom is -0.465 e. The summed E-state index contributed by atoms with van der Waals surface area (Å²) in [5.41, 5.74) is 1.68. The molecule has 0 spiro atoms. The number of fused-ring (bicyclic) bond motifs is 1. The first-order valence-electron chi connectivity index (χ1n) is 14.3. The van der Waals surface area contributed by atoms with Gasteiger partial charge in [0.2, 0.25) is 21.9 Å². The van der Waals surface area contributed by atoms with Crippen molar-refractivity contribution in [3.05, 3.63) is 66.2 Å². The number of pyridine rings is 1. The SMILES string of the molecule is Cc1ccc2c(NS(=O)(=O)CC(C)C)c(F)ccc2c1Oc1ncccc1-c1ccnc(N[C@H]2C[C@H](C)CN(C(=O)O)C2)n1. The van der Waals surface area contributed by atoms with Gasteiger partial charge in [-0.2, -0.15) is 0 Å². The van der Waals surface area contributed by atoms with Crippen LogP contribution >= 0.6 is 0 Å². The number of carboxylic acid groups (broad SMARTS) is 1. The van der Waals surface area contributed by atoms with Gasteiger partial charge < -0.3 is 20.1 Å². The molecule has 0 radical (unpaired) electrons. The third kappa shape index (κ3) is 6.99. The van der Waals surface area contributed by atoms with Crippen molar-refractivity contribution in [1.82, 2.24) is 19.9 Å². The Bertz CT molecular complexity index is 1800. The van der Waals surface area contributed by atoms with E-state index in [1.807, 2.05) is 13.8 Å². The van der Waals surface area contributed by atoms with Gasteiger partial charge in [0.05, 0.1) is 22.7 Å². The summed E-state index contributed by atoms with van der Waals surface area (Å²) in [6.45, 7) is 8.20. The predicted molar refractivity (Wildman–Crippen MR) is 167 cm³/mol. The number of amides is 1. The maximum atomic E-state index is 15.0. The molecule has 2 aromatic carbocycles. The Morgan fingerprint density at radius 3 is 2.64 bits per heavy atom. The molecule has 11 nitrogen and oxygen atoms in total. The van der Waals surface area contributed by atoms with Crippen molar-refractivity contribution < 1.29 is 27.4 Å². The number of likely N-dealkylation sites (tertiary alicyclic amines) is 1. The number of sulfonamides is 1. The zero-order chi connectivity index (χ0) is 31.6. The van der Waals surface area contributed by atoms with E-state index in [-0.39, 0.29) is 35.2 Å². The van der Waals surface area contributed by atoms with E-state index in [0.717, 1.165) is 12.0 Å². The summed E-state index contributed by atoms with van der Waals surface area (Å²) in [4.78, 5) is 26.4. The van der Waals surface area contributed by atoms with E-state index in [4.69, 9.17) is 4.74 Å². The van der Waals surface area contributed by atoms with Crippen LogP contribution in [0, 0.1) is 24.6 Å². The number of nitrogens with zero attached hydrogens (tertiary/aromatic N) is 4. The maximum Gasteiger partial charge on any atom is 0.407 e. The van der Waals surface area contributed by atoms with Crippen molar-refractivity contribution in [2.45, 2.75) is 40.2 Å². The minimum atomic E-state index is -3.79. The molecular weight excluding hydrogens is 587 g/mol. The van der Waals surface area contributed by atoms with E-state index in [2.05, 4.69) is 25.0 Å². The van der Waals surface area contributed by atoms with E-state index in [1.165, 1.54) is 11.0 Å². The number of ether oxygens (including phenoxy) is 1. The molecule has 0 saturated carbocycles. The van der Waals surface area contributed by atoms with Crippen LogP contribution < -0.4 is 14.8 Å². The average molecular weight is 623 g/mol. The first-order valence-corrected chi connectivity index (χ1v) is 16.0. The van der Waals surface area contributed by atoms with Gasteiger partial charge in [0.1, 0.15) is 11.6 Å². The van der Waals surface area contributed by atoms with Crippen molar-refractivity contribution in [2.24, 2.45) is 11.8 Å². The van der Waals surface area contributed by atoms with Crippen LogP contribution in [0.3, 0.4) is 0 Å². The molecule has 3 heterocycles. The van der Waals surface area contributed by atoms with E-state index in [0.29, 0.717) is 46.8 Å². The fourth-order valence-corrected chi connectivity index (χ4v) is 6.95. The number of piperidine rings is 1. The van der Waals surface area contributed by atoms with Crippen LogP contribution in [0.2, 0.25) is 0 Å². The van der Waals surface area contributed by atoms with Crippen molar-refractivity contribution in [3.63, 3.8) is 0 Å². The van der Waals surface area contributed by atoms with Crippen LogP contribution in [0.5, 0.6) is 11.6 Å². The molecule has 2 atom stereocenters. The number of aromatic nitrogens is 3. The zero-order valence-corrected chi connectivity index (χ0v) is 25.7. The van der Waals surface area contributed by atoms with Crippen molar-refractivity contribution >= 4 is 38.5 Å². The second-order valence-electron chi connectivity index (χ2n) is 11.6. The topological polar surface area (TPSA) is 147 Å². The summed E-state index contributed by atoms with van der Waals surface area (Å²) >= 11 is 0. The minimum absolute atomic E-state index is 0.140. The molecule has 13 heteroatoms. The second-order valence-corrected chi connectivity index (χ2v) is 13.4. The van der Waals surface area contributed by atoms with Gasteiger partial charge in [-0.25, -0.2) is 32.6 Å². The van der Waals surface area contributed by atoms with E-state index < -0.39 is 21.9 Å². The van der Waals surface area contributed by atoms with Gasteiger partial charge in [-0.1, -0.05) is 32.9 Å². The van der Waals surface area contributed by atoms with Crippen LogP contribution in [0.1, 0.15) is 32.8 Å². The number of anilines is 2. The van der Waals surface area contributed by atoms with Crippen molar-refractivity contribution in [2.75, 3.05) is 28.9 Å². The van der Waals surface area contributed by atoms with Crippen molar-refractivity contribution in [1.29, 1.82) is 0 Å². The van der Waals surface area contributed by atoms with Crippen LogP contribution in [-0.4, -0.2) is 64.4 Å². The third-order valence-corrected chi connectivity index (χ3v) is 8.89. The normalized spacial score (nSPS) is 17.1. The molecule has 1 aliphatic heterocycles. The molecule has 0 bridgehead atoms. The molecule has 0 aliphatic carbocycles. The Kier molecular flexibility index (Phi) is 8.86. The molecule has 0 unspecified atom stereocenters. The summed E-state index contributed by atoms with van der Waals surface area (Å²) in [6, 6.07) is 11.3. The molecule has 1 saturated heterocycles. The monoisotopic (exact) mass is 622 g/mol. The van der Waals surface area contributed by atoms with Gasteiger partial charge in [-0.15, -0.1) is 0 Å². The number of carbonyl (C=O) groups is 1. The van der Waals surface area contributed by atoms with Gasteiger partial charge in [-0.3, -0.25) is 4.72 Å². The number of benzene rings is 2. The smallest absolute Gasteiger partial charge is 0.407 e.